The van der Waals surface area contributed by atoms with Crippen molar-refractivity contribution in [2.75, 3.05) is 11.4 Å². The zero-order chi connectivity index (χ0) is 22.6. The van der Waals surface area contributed by atoms with Gasteiger partial charge in [0.2, 0.25) is 0 Å². The van der Waals surface area contributed by atoms with Gasteiger partial charge in [-0.15, -0.1) is 0 Å². The molecule has 6 heteroatoms. The van der Waals surface area contributed by atoms with Gasteiger partial charge in [0.25, 0.3) is 15.9 Å². The van der Waals surface area contributed by atoms with Crippen LogP contribution < -0.4 is 9.62 Å². The summed E-state index contributed by atoms with van der Waals surface area (Å²) in [4.78, 5) is 13.0. The maximum atomic E-state index is 12.9. The van der Waals surface area contributed by atoms with Crippen molar-refractivity contribution in [1.82, 2.24) is 5.32 Å². The van der Waals surface area contributed by atoms with Gasteiger partial charge in [-0.05, 0) is 62.2 Å². The summed E-state index contributed by atoms with van der Waals surface area (Å²) in [5.74, 6) is -0.192. The molecule has 31 heavy (non-hydrogen) atoms. The Labute approximate surface area is 184 Å². The van der Waals surface area contributed by atoms with Gasteiger partial charge in [-0.3, -0.25) is 9.10 Å². The number of carbonyl (C=O) groups excluding carboxylic acids is 1. The second-order valence-electron chi connectivity index (χ2n) is 7.68. The van der Waals surface area contributed by atoms with Crippen LogP contribution in [0.2, 0.25) is 0 Å². The van der Waals surface area contributed by atoms with Crippen molar-refractivity contribution in [3.63, 3.8) is 0 Å². The first-order chi connectivity index (χ1) is 14.7. The molecule has 0 radical (unpaired) electrons. The maximum Gasteiger partial charge on any atom is 0.264 e. The van der Waals surface area contributed by atoms with E-state index in [-0.39, 0.29) is 16.8 Å². The van der Waals surface area contributed by atoms with Crippen LogP contribution in [0.3, 0.4) is 0 Å². The highest BCUT2D eigenvalue weighted by Gasteiger charge is 2.21. The molecule has 0 unspecified atom stereocenters. The summed E-state index contributed by atoms with van der Waals surface area (Å²) in [6, 6.07) is 21.3. The molecule has 3 aromatic rings. The normalized spacial score (nSPS) is 12.3. The lowest BCUT2D eigenvalue weighted by Gasteiger charge is -2.20. The van der Waals surface area contributed by atoms with Gasteiger partial charge in [0.05, 0.1) is 16.6 Å². The van der Waals surface area contributed by atoms with E-state index in [4.69, 9.17) is 0 Å². The van der Waals surface area contributed by atoms with Gasteiger partial charge in [-0.25, -0.2) is 8.42 Å². The van der Waals surface area contributed by atoms with Crippen LogP contribution in [0.5, 0.6) is 0 Å². The molecule has 0 bridgehead atoms. The largest absolute Gasteiger partial charge is 0.345 e. The number of anilines is 1. The molecule has 0 aromatic heterocycles. The first-order valence-electron chi connectivity index (χ1n) is 10.3. The molecule has 0 aliphatic carbocycles. The second-order valence-corrected chi connectivity index (χ2v) is 9.65. The van der Waals surface area contributed by atoms with E-state index in [2.05, 4.69) is 5.32 Å². The Morgan fingerprint density at radius 2 is 1.39 bits per heavy atom. The van der Waals surface area contributed by atoms with Crippen molar-refractivity contribution in [3.05, 3.63) is 95.1 Å². The molecular formula is C25H28N2O3S. The number of nitrogens with zero attached hydrogens (tertiary/aromatic N) is 1. The van der Waals surface area contributed by atoms with Crippen LogP contribution >= 0.6 is 0 Å². The van der Waals surface area contributed by atoms with Gasteiger partial charge in [-0.1, -0.05) is 54.4 Å². The van der Waals surface area contributed by atoms with Gasteiger partial charge < -0.3 is 5.32 Å². The van der Waals surface area contributed by atoms with Crippen molar-refractivity contribution >= 4 is 21.6 Å². The smallest absolute Gasteiger partial charge is 0.264 e. The summed E-state index contributed by atoms with van der Waals surface area (Å²) in [7, 11) is -2.16. The zero-order valence-corrected chi connectivity index (χ0v) is 19.1. The summed E-state index contributed by atoms with van der Waals surface area (Å²) in [5.41, 5.74) is 4.19. The van der Waals surface area contributed by atoms with Crippen LogP contribution in [0, 0.1) is 13.8 Å². The van der Waals surface area contributed by atoms with Crippen molar-refractivity contribution < 1.29 is 13.2 Å². The number of amides is 1. The Bertz CT molecular complexity index is 1140. The molecule has 162 valence electrons. The number of aryl methyl sites for hydroxylation is 2. The first kappa shape index (κ1) is 22.6. The molecule has 1 amide bonds. The van der Waals surface area contributed by atoms with Crippen molar-refractivity contribution in [2.45, 2.75) is 38.1 Å². The number of carbonyl (C=O) groups is 1. The average Bonchev–Trinajstić information content (AvgIpc) is 2.78. The Hall–Kier alpha value is -3.12. The molecule has 0 aliphatic rings. The highest BCUT2D eigenvalue weighted by molar-refractivity contribution is 7.92. The van der Waals surface area contributed by atoms with Crippen LogP contribution in [0.15, 0.2) is 77.7 Å². The highest BCUT2D eigenvalue weighted by atomic mass is 32.2. The van der Waals surface area contributed by atoms with Gasteiger partial charge >= 0.3 is 0 Å². The molecular weight excluding hydrogens is 408 g/mol. The lowest BCUT2D eigenvalue weighted by Crippen LogP contribution is -2.28. The summed E-state index contributed by atoms with van der Waals surface area (Å²) >= 11 is 0. The summed E-state index contributed by atoms with van der Waals surface area (Å²) in [6.07, 6.45) is 0.768. The number of hydrogen-bond acceptors (Lipinski definition) is 3. The van der Waals surface area contributed by atoms with E-state index < -0.39 is 10.0 Å². The molecule has 1 atom stereocenters. The fourth-order valence-electron chi connectivity index (χ4n) is 3.29. The van der Waals surface area contributed by atoms with Crippen LogP contribution in [-0.2, 0) is 10.0 Å². The predicted molar refractivity (Wildman–Crippen MR) is 125 cm³/mol. The number of benzene rings is 3. The topological polar surface area (TPSA) is 66.5 Å². The molecule has 3 rings (SSSR count). The monoisotopic (exact) mass is 436 g/mol. The second kappa shape index (κ2) is 9.35. The van der Waals surface area contributed by atoms with E-state index in [1.807, 2.05) is 45.0 Å². The van der Waals surface area contributed by atoms with Crippen LogP contribution in [0.4, 0.5) is 5.69 Å². The minimum Gasteiger partial charge on any atom is -0.345 e. The molecule has 0 heterocycles. The van der Waals surface area contributed by atoms with Gasteiger partial charge in [0.1, 0.15) is 0 Å². The van der Waals surface area contributed by atoms with Gasteiger partial charge in [0, 0.05) is 12.6 Å². The fourth-order valence-corrected chi connectivity index (χ4v) is 4.49. The highest BCUT2D eigenvalue weighted by Crippen LogP contribution is 2.23. The van der Waals surface area contributed by atoms with Gasteiger partial charge in [-0.2, -0.15) is 0 Å². The Morgan fingerprint density at radius 3 is 1.90 bits per heavy atom. The third-order valence-corrected chi connectivity index (χ3v) is 7.17. The standard InChI is InChI=1S/C25H28N2O3S/c1-5-24(20-10-6-18(2)7-11-20)26-25(28)21-12-14-22(15-13-21)27(4)31(29,30)23-16-8-19(3)9-17-23/h6-17,24H,5H2,1-4H3,(H,26,28)/t24-/m1/s1. The van der Waals surface area contributed by atoms with Crippen molar-refractivity contribution in [2.24, 2.45) is 0 Å². The lowest BCUT2D eigenvalue weighted by molar-refractivity contribution is 0.0935. The molecule has 3 aromatic carbocycles. The number of nitrogens with one attached hydrogen (secondary N) is 1. The molecule has 0 fully saturated rings. The molecule has 0 saturated heterocycles. The SMILES string of the molecule is CC[C@@H](NC(=O)c1ccc(N(C)S(=O)(=O)c2ccc(C)cc2)cc1)c1ccc(C)cc1. The number of hydrogen-bond donors (Lipinski definition) is 1. The Kier molecular flexibility index (Phi) is 6.81. The third-order valence-electron chi connectivity index (χ3n) is 5.37. The van der Waals surface area contributed by atoms with E-state index in [0.29, 0.717) is 11.3 Å². The van der Waals surface area contributed by atoms with Crippen LogP contribution in [0.1, 0.15) is 46.4 Å². The minimum atomic E-state index is -3.67. The van der Waals surface area contributed by atoms with E-state index in [1.165, 1.54) is 16.9 Å². The lowest BCUT2D eigenvalue weighted by atomic mass is 10.0. The molecule has 0 spiro atoms. The number of sulfonamides is 1. The quantitative estimate of drug-likeness (QED) is 0.566. The van der Waals surface area contributed by atoms with Crippen molar-refractivity contribution in [3.8, 4) is 0 Å². The third kappa shape index (κ3) is 5.14. The Balaban J connectivity index is 1.74. The molecule has 1 N–H and O–H groups in total. The van der Waals surface area contributed by atoms with E-state index in [1.54, 1.807) is 48.5 Å². The first-order valence-corrected chi connectivity index (χ1v) is 11.7. The maximum absolute atomic E-state index is 12.9. The Morgan fingerprint density at radius 1 is 0.871 bits per heavy atom. The number of rotatable bonds is 7. The van der Waals surface area contributed by atoms with Crippen LogP contribution in [0.25, 0.3) is 0 Å². The molecule has 0 saturated carbocycles. The fraction of sp³-hybridized carbons (Fsp3) is 0.240. The minimum absolute atomic E-state index is 0.0858. The van der Waals surface area contributed by atoms with Crippen molar-refractivity contribution in [1.29, 1.82) is 0 Å². The molecule has 5 nitrogen and oxygen atoms in total. The summed E-state index contributed by atoms with van der Waals surface area (Å²) in [6.45, 7) is 5.96. The average molecular weight is 437 g/mol. The zero-order valence-electron chi connectivity index (χ0n) is 18.3. The van der Waals surface area contributed by atoms with Gasteiger partial charge in [0.15, 0.2) is 0 Å². The van der Waals surface area contributed by atoms with E-state index >= 15 is 0 Å². The molecule has 0 aliphatic heterocycles. The summed E-state index contributed by atoms with van der Waals surface area (Å²) in [5, 5.41) is 3.06. The summed E-state index contributed by atoms with van der Waals surface area (Å²) < 4.78 is 27.0. The van der Waals surface area contributed by atoms with Crippen LogP contribution in [-0.4, -0.2) is 21.4 Å². The van der Waals surface area contributed by atoms with E-state index in [0.717, 1.165) is 17.5 Å². The predicted octanol–water partition coefficient (Wildman–Crippen LogP) is 5.01. The van der Waals surface area contributed by atoms with E-state index in [9.17, 15) is 13.2 Å².